The molecule has 92 valence electrons. The van der Waals surface area contributed by atoms with Crippen molar-refractivity contribution < 1.29 is 27.5 Å². The van der Waals surface area contributed by atoms with E-state index in [0.29, 0.717) is 0 Å². The second-order valence-electron chi connectivity index (χ2n) is 2.97. The lowest BCUT2D eigenvalue weighted by Gasteiger charge is -2.08. The van der Waals surface area contributed by atoms with Crippen LogP contribution in [0.15, 0.2) is 30.3 Å². The van der Waals surface area contributed by atoms with Crippen molar-refractivity contribution in [2.24, 2.45) is 0 Å². The third-order valence-electron chi connectivity index (χ3n) is 1.66. The van der Waals surface area contributed by atoms with Gasteiger partial charge in [0.15, 0.2) is 0 Å². The van der Waals surface area contributed by atoms with Crippen molar-refractivity contribution in [2.45, 2.75) is 6.36 Å². The zero-order valence-corrected chi connectivity index (χ0v) is 8.45. The quantitative estimate of drug-likeness (QED) is 0.823. The minimum Gasteiger partial charge on any atom is -0.372 e. The van der Waals surface area contributed by atoms with Crippen molar-refractivity contribution >= 4 is 11.9 Å². The van der Waals surface area contributed by atoms with E-state index in [0.717, 1.165) is 0 Å². The van der Waals surface area contributed by atoms with Gasteiger partial charge in [0.05, 0.1) is 0 Å². The van der Waals surface area contributed by atoms with Crippen LogP contribution in [-0.2, 0) is 9.53 Å². The molecule has 0 atom stereocenters. The Kier molecular flexibility index (Phi) is 4.08. The van der Waals surface area contributed by atoms with Gasteiger partial charge in [-0.1, -0.05) is 18.2 Å². The first-order valence-corrected chi connectivity index (χ1v) is 4.50. The molecule has 0 spiro atoms. The number of halogens is 3. The Morgan fingerprint density at radius 1 is 1.18 bits per heavy atom. The summed E-state index contributed by atoms with van der Waals surface area (Å²) >= 11 is 0. The van der Waals surface area contributed by atoms with Gasteiger partial charge in [-0.15, -0.1) is 13.2 Å². The molecule has 17 heavy (non-hydrogen) atoms. The summed E-state index contributed by atoms with van der Waals surface area (Å²) in [5.74, 6) is -2.22. The van der Waals surface area contributed by atoms with Crippen LogP contribution in [0.5, 0.6) is 0 Å². The maximum absolute atomic E-state index is 11.6. The van der Waals surface area contributed by atoms with Crippen molar-refractivity contribution in [3.63, 3.8) is 0 Å². The number of carbonyl (C=O) groups is 2. The van der Waals surface area contributed by atoms with Crippen LogP contribution < -0.4 is 5.32 Å². The molecule has 1 aromatic rings. The molecule has 0 unspecified atom stereocenters. The zero-order valence-electron chi connectivity index (χ0n) is 8.45. The molecule has 0 aliphatic carbocycles. The van der Waals surface area contributed by atoms with Crippen LogP contribution in [0.1, 0.15) is 10.4 Å². The van der Waals surface area contributed by atoms with Gasteiger partial charge >= 0.3 is 12.3 Å². The third kappa shape index (κ3) is 5.01. The Hall–Kier alpha value is -2.05. The molecular formula is C10H8F3NO3. The first-order valence-electron chi connectivity index (χ1n) is 4.50. The number of amides is 1. The van der Waals surface area contributed by atoms with Crippen molar-refractivity contribution in [3.8, 4) is 0 Å². The van der Waals surface area contributed by atoms with Crippen molar-refractivity contribution in [1.82, 2.24) is 5.32 Å². The lowest BCUT2D eigenvalue weighted by Crippen LogP contribution is -2.33. The molecule has 0 aliphatic rings. The van der Waals surface area contributed by atoms with Crippen molar-refractivity contribution in [3.05, 3.63) is 35.9 Å². The molecule has 0 radical (unpaired) electrons. The average Bonchev–Trinajstić information content (AvgIpc) is 2.25. The van der Waals surface area contributed by atoms with Gasteiger partial charge in [0.2, 0.25) is 0 Å². The largest absolute Gasteiger partial charge is 0.575 e. The third-order valence-corrected chi connectivity index (χ3v) is 1.66. The molecule has 0 aromatic heterocycles. The minimum atomic E-state index is -5.03. The van der Waals surface area contributed by atoms with E-state index in [1.165, 1.54) is 12.1 Å². The molecule has 0 saturated carbocycles. The number of rotatable bonds is 3. The number of benzene rings is 1. The van der Waals surface area contributed by atoms with Gasteiger partial charge in [0.25, 0.3) is 5.91 Å². The summed E-state index contributed by atoms with van der Waals surface area (Å²) in [6.07, 6.45) is -5.03. The van der Waals surface area contributed by atoms with Crippen LogP contribution in [0, 0.1) is 0 Å². The highest BCUT2D eigenvalue weighted by molar-refractivity contribution is 5.95. The van der Waals surface area contributed by atoms with Crippen LogP contribution in [-0.4, -0.2) is 24.8 Å². The summed E-state index contributed by atoms with van der Waals surface area (Å²) in [5.41, 5.74) is 0.243. The Bertz CT molecular complexity index is 403. The second kappa shape index (κ2) is 5.33. The summed E-state index contributed by atoms with van der Waals surface area (Å²) in [6, 6.07) is 7.77. The predicted molar refractivity (Wildman–Crippen MR) is 50.9 cm³/mol. The van der Waals surface area contributed by atoms with Gasteiger partial charge < -0.3 is 10.1 Å². The number of ether oxygens (including phenoxy) is 1. The number of carbonyl (C=O) groups excluding carboxylic acids is 2. The molecule has 0 saturated heterocycles. The van der Waals surface area contributed by atoms with E-state index < -0.39 is 24.8 Å². The molecule has 7 heteroatoms. The van der Waals surface area contributed by atoms with Crippen molar-refractivity contribution in [1.29, 1.82) is 0 Å². The maximum Gasteiger partial charge on any atom is 0.575 e. The van der Waals surface area contributed by atoms with E-state index in [4.69, 9.17) is 0 Å². The fourth-order valence-electron chi connectivity index (χ4n) is 1.01. The standard InChI is InChI=1S/C10H8F3NO3/c11-10(12,13)17-8(15)6-14-9(16)7-4-2-1-3-5-7/h1-5H,6H2,(H,14,16). The number of alkyl halides is 3. The van der Waals surface area contributed by atoms with Crippen molar-refractivity contribution in [2.75, 3.05) is 6.54 Å². The van der Waals surface area contributed by atoms with E-state index in [1.54, 1.807) is 18.2 Å². The molecule has 1 amide bonds. The predicted octanol–water partition coefficient (Wildman–Crippen LogP) is 1.48. The number of esters is 1. The van der Waals surface area contributed by atoms with Gasteiger partial charge in [-0.25, -0.2) is 4.79 Å². The second-order valence-corrected chi connectivity index (χ2v) is 2.97. The van der Waals surface area contributed by atoms with Crippen LogP contribution in [0.4, 0.5) is 13.2 Å². The summed E-state index contributed by atoms with van der Waals surface area (Å²) in [7, 11) is 0. The lowest BCUT2D eigenvalue weighted by atomic mass is 10.2. The molecular weight excluding hydrogens is 239 g/mol. The van der Waals surface area contributed by atoms with E-state index in [2.05, 4.69) is 4.74 Å². The first-order chi connectivity index (χ1) is 7.88. The fraction of sp³-hybridized carbons (Fsp3) is 0.200. The summed E-state index contributed by atoms with van der Waals surface area (Å²) in [5, 5.41) is 2.01. The highest BCUT2D eigenvalue weighted by Crippen LogP contribution is 2.15. The van der Waals surface area contributed by atoms with Gasteiger partial charge in [0, 0.05) is 5.56 Å². The van der Waals surface area contributed by atoms with E-state index in [-0.39, 0.29) is 5.56 Å². The average molecular weight is 247 g/mol. The summed E-state index contributed by atoms with van der Waals surface area (Å²) in [4.78, 5) is 22.0. The van der Waals surface area contributed by atoms with Crippen LogP contribution in [0.25, 0.3) is 0 Å². The molecule has 1 rings (SSSR count). The number of hydrogen-bond donors (Lipinski definition) is 1. The maximum atomic E-state index is 11.6. The van der Waals surface area contributed by atoms with Gasteiger partial charge in [-0.05, 0) is 12.1 Å². The Morgan fingerprint density at radius 3 is 2.29 bits per heavy atom. The summed E-state index contributed by atoms with van der Waals surface area (Å²) < 4.78 is 37.9. The normalized spacial score (nSPS) is 10.8. The topological polar surface area (TPSA) is 55.4 Å². The molecule has 0 bridgehead atoms. The zero-order chi connectivity index (χ0) is 12.9. The van der Waals surface area contributed by atoms with Crippen LogP contribution in [0.3, 0.4) is 0 Å². The highest BCUT2D eigenvalue weighted by atomic mass is 19.4. The molecule has 1 aromatic carbocycles. The monoisotopic (exact) mass is 247 g/mol. The van der Waals surface area contributed by atoms with Gasteiger partial charge in [-0.3, -0.25) is 4.79 Å². The molecule has 1 N–H and O–H groups in total. The number of nitrogens with one attached hydrogen (secondary N) is 1. The highest BCUT2D eigenvalue weighted by Gasteiger charge is 2.33. The summed E-state index contributed by atoms with van der Waals surface area (Å²) in [6.45, 7) is -0.840. The van der Waals surface area contributed by atoms with Crippen LogP contribution >= 0.6 is 0 Å². The van der Waals surface area contributed by atoms with E-state index in [1.807, 2.05) is 5.32 Å². The van der Waals surface area contributed by atoms with Crippen LogP contribution in [0.2, 0.25) is 0 Å². The van der Waals surface area contributed by atoms with E-state index >= 15 is 0 Å². The Labute approximate surface area is 94.4 Å². The minimum absolute atomic E-state index is 0.243. The lowest BCUT2D eigenvalue weighted by molar-refractivity contribution is -0.305. The molecule has 4 nitrogen and oxygen atoms in total. The molecule has 0 fully saturated rings. The van der Waals surface area contributed by atoms with Gasteiger partial charge in [-0.2, -0.15) is 0 Å². The van der Waals surface area contributed by atoms with Gasteiger partial charge in [0.1, 0.15) is 6.54 Å². The smallest absolute Gasteiger partial charge is 0.372 e. The molecule has 0 heterocycles. The Morgan fingerprint density at radius 2 is 1.76 bits per heavy atom. The fourth-order valence-corrected chi connectivity index (χ4v) is 1.01. The SMILES string of the molecule is O=C(CNC(=O)c1ccccc1)OC(F)(F)F. The van der Waals surface area contributed by atoms with E-state index in [9.17, 15) is 22.8 Å². The number of hydrogen-bond acceptors (Lipinski definition) is 3. The molecule has 0 aliphatic heterocycles. The first kappa shape index (κ1) is 13.0. The Balaban J connectivity index is 2.42.